The van der Waals surface area contributed by atoms with Crippen LogP contribution in [0.15, 0.2) is 77.8 Å². The Bertz CT molecular complexity index is 1530. The van der Waals surface area contributed by atoms with Crippen LogP contribution in [0, 0.1) is 0 Å². The Kier molecular flexibility index (Phi) is 6.33. The molecule has 0 aliphatic heterocycles. The van der Waals surface area contributed by atoms with Crippen molar-refractivity contribution in [3.05, 3.63) is 84.2 Å². The molecule has 0 atom stereocenters. The molecular weight excluding hydrogens is 508 g/mol. The zero-order valence-corrected chi connectivity index (χ0v) is 19.1. The standard InChI is InChI=1S/C24H15F6N3O2S/c1-36(34,35)18-4-2-3-15(11-18)19-12-16(9-10-31-19)22-32-20(13-21(33-22)24(28,29)30)14-5-7-17(8-6-14)23(25,26)27/h2-13H,1H3. The second-order valence-corrected chi connectivity index (χ2v) is 9.78. The SMILES string of the molecule is CS(=O)(=O)c1cccc(-c2cc(-c3nc(-c4ccc(C(F)(F)F)cc4)cc(C(F)(F)F)n3)ccn2)c1. The predicted octanol–water partition coefficient (Wildman–Crippen LogP) is 6.31. The van der Waals surface area contributed by atoms with Gasteiger partial charge in [-0.1, -0.05) is 24.3 Å². The highest BCUT2D eigenvalue weighted by molar-refractivity contribution is 7.90. The van der Waals surface area contributed by atoms with Crippen LogP contribution in [0.4, 0.5) is 26.3 Å². The van der Waals surface area contributed by atoms with E-state index >= 15 is 0 Å². The Hall–Kier alpha value is -3.80. The number of rotatable bonds is 4. The van der Waals surface area contributed by atoms with Crippen molar-refractivity contribution in [3.63, 3.8) is 0 Å². The van der Waals surface area contributed by atoms with E-state index in [1.165, 1.54) is 36.5 Å². The minimum absolute atomic E-state index is 0.0344. The van der Waals surface area contributed by atoms with Crippen molar-refractivity contribution in [3.8, 4) is 33.9 Å². The first-order valence-corrected chi connectivity index (χ1v) is 12.0. The highest BCUT2D eigenvalue weighted by Crippen LogP contribution is 2.34. The largest absolute Gasteiger partial charge is 0.433 e. The first kappa shape index (κ1) is 25.3. The third-order valence-electron chi connectivity index (χ3n) is 5.10. The third-order valence-corrected chi connectivity index (χ3v) is 6.21. The smallest absolute Gasteiger partial charge is 0.256 e. The van der Waals surface area contributed by atoms with E-state index in [0.717, 1.165) is 30.5 Å². The van der Waals surface area contributed by atoms with E-state index in [0.29, 0.717) is 11.6 Å². The Balaban J connectivity index is 1.82. The highest BCUT2D eigenvalue weighted by Gasteiger charge is 2.34. The molecule has 12 heteroatoms. The molecule has 0 bridgehead atoms. The molecular formula is C24H15F6N3O2S. The summed E-state index contributed by atoms with van der Waals surface area (Å²) < 4.78 is 103. The van der Waals surface area contributed by atoms with Gasteiger partial charge in [0.1, 0.15) is 5.69 Å². The van der Waals surface area contributed by atoms with Gasteiger partial charge in [0.05, 0.1) is 21.8 Å². The van der Waals surface area contributed by atoms with Crippen molar-refractivity contribution in [2.45, 2.75) is 17.2 Å². The maximum absolute atomic E-state index is 13.6. The average Bonchev–Trinajstić information content (AvgIpc) is 2.82. The van der Waals surface area contributed by atoms with E-state index in [4.69, 9.17) is 0 Å². The van der Waals surface area contributed by atoms with Crippen LogP contribution in [0.3, 0.4) is 0 Å². The van der Waals surface area contributed by atoms with E-state index in [1.807, 2.05) is 0 Å². The van der Waals surface area contributed by atoms with Gasteiger partial charge in [-0.2, -0.15) is 26.3 Å². The summed E-state index contributed by atoms with van der Waals surface area (Å²) in [6.07, 6.45) is -7.11. The van der Waals surface area contributed by atoms with Crippen molar-refractivity contribution in [2.24, 2.45) is 0 Å². The molecule has 0 aliphatic rings. The summed E-state index contributed by atoms with van der Waals surface area (Å²) in [5.74, 6) is -0.331. The molecule has 0 unspecified atom stereocenters. The molecule has 0 radical (unpaired) electrons. The van der Waals surface area contributed by atoms with Gasteiger partial charge in [-0.05, 0) is 42.5 Å². The molecule has 2 aromatic heterocycles. The predicted molar refractivity (Wildman–Crippen MR) is 119 cm³/mol. The van der Waals surface area contributed by atoms with Crippen LogP contribution < -0.4 is 0 Å². The van der Waals surface area contributed by atoms with E-state index in [9.17, 15) is 34.8 Å². The molecule has 0 saturated heterocycles. The second-order valence-electron chi connectivity index (χ2n) is 7.76. The molecule has 0 fully saturated rings. The molecule has 2 aromatic carbocycles. The molecule has 5 nitrogen and oxygen atoms in total. The molecule has 0 N–H and O–H groups in total. The fourth-order valence-corrected chi connectivity index (χ4v) is 3.98. The molecule has 36 heavy (non-hydrogen) atoms. The molecule has 0 aliphatic carbocycles. The number of aromatic nitrogens is 3. The molecule has 2 heterocycles. The van der Waals surface area contributed by atoms with Crippen LogP contribution in [0.1, 0.15) is 11.3 Å². The number of benzene rings is 2. The van der Waals surface area contributed by atoms with E-state index in [1.54, 1.807) is 6.07 Å². The van der Waals surface area contributed by atoms with Crippen molar-refractivity contribution in [2.75, 3.05) is 6.26 Å². The molecule has 0 amide bonds. The van der Waals surface area contributed by atoms with Crippen molar-refractivity contribution in [1.29, 1.82) is 0 Å². The van der Waals surface area contributed by atoms with Gasteiger partial charge in [-0.25, -0.2) is 18.4 Å². The number of halogens is 6. The van der Waals surface area contributed by atoms with E-state index in [2.05, 4.69) is 15.0 Å². The van der Waals surface area contributed by atoms with Gasteiger partial charge in [0.25, 0.3) is 0 Å². The van der Waals surface area contributed by atoms with Crippen LogP contribution in [0.5, 0.6) is 0 Å². The monoisotopic (exact) mass is 523 g/mol. The van der Waals surface area contributed by atoms with Crippen LogP contribution in [0.2, 0.25) is 0 Å². The summed E-state index contributed by atoms with van der Waals surface area (Å²) in [6.45, 7) is 0. The minimum atomic E-state index is -4.85. The van der Waals surface area contributed by atoms with Crippen molar-refractivity contribution < 1.29 is 34.8 Å². The maximum Gasteiger partial charge on any atom is 0.433 e. The van der Waals surface area contributed by atoms with Gasteiger partial charge in [0, 0.05) is 29.1 Å². The topological polar surface area (TPSA) is 72.8 Å². The lowest BCUT2D eigenvalue weighted by molar-refractivity contribution is -0.141. The molecule has 186 valence electrons. The number of nitrogens with zero attached hydrogens (tertiary/aromatic N) is 3. The lowest BCUT2D eigenvalue weighted by Crippen LogP contribution is -2.10. The second kappa shape index (κ2) is 9.01. The van der Waals surface area contributed by atoms with Crippen LogP contribution in [-0.2, 0) is 22.2 Å². The van der Waals surface area contributed by atoms with Gasteiger partial charge in [0.15, 0.2) is 15.7 Å². The van der Waals surface area contributed by atoms with Gasteiger partial charge in [-0.3, -0.25) is 4.98 Å². The van der Waals surface area contributed by atoms with Gasteiger partial charge in [-0.15, -0.1) is 0 Å². The van der Waals surface area contributed by atoms with Gasteiger partial charge in [0.2, 0.25) is 0 Å². The zero-order valence-electron chi connectivity index (χ0n) is 18.3. The Morgan fingerprint density at radius 2 is 1.39 bits per heavy atom. The van der Waals surface area contributed by atoms with Gasteiger partial charge < -0.3 is 0 Å². The average molecular weight is 523 g/mol. The Morgan fingerprint density at radius 1 is 0.694 bits per heavy atom. The first-order valence-electron chi connectivity index (χ1n) is 10.1. The number of hydrogen-bond acceptors (Lipinski definition) is 5. The summed E-state index contributed by atoms with van der Waals surface area (Å²) >= 11 is 0. The molecule has 0 saturated carbocycles. The zero-order chi connectivity index (χ0) is 26.3. The van der Waals surface area contributed by atoms with Crippen LogP contribution in [0.25, 0.3) is 33.9 Å². The van der Waals surface area contributed by atoms with Gasteiger partial charge >= 0.3 is 12.4 Å². The first-order chi connectivity index (χ1) is 16.7. The fourth-order valence-electron chi connectivity index (χ4n) is 3.31. The maximum atomic E-state index is 13.6. The lowest BCUT2D eigenvalue weighted by Gasteiger charge is -2.12. The van der Waals surface area contributed by atoms with E-state index in [-0.39, 0.29) is 33.2 Å². The molecule has 0 spiro atoms. The van der Waals surface area contributed by atoms with Crippen LogP contribution in [-0.4, -0.2) is 29.6 Å². The summed E-state index contributed by atoms with van der Waals surface area (Å²) in [5.41, 5.74) is -1.62. The fraction of sp³-hybridized carbons (Fsp3) is 0.125. The van der Waals surface area contributed by atoms with Crippen molar-refractivity contribution in [1.82, 2.24) is 15.0 Å². The summed E-state index contributed by atoms with van der Waals surface area (Å²) in [7, 11) is -3.51. The summed E-state index contributed by atoms with van der Waals surface area (Å²) in [6, 6.07) is 12.9. The summed E-state index contributed by atoms with van der Waals surface area (Å²) in [4.78, 5) is 12.0. The summed E-state index contributed by atoms with van der Waals surface area (Å²) in [5, 5.41) is 0. The normalized spacial score (nSPS) is 12.5. The number of alkyl halides is 6. The Labute approximate surface area is 201 Å². The van der Waals surface area contributed by atoms with Crippen LogP contribution >= 0.6 is 0 Å². The Morgan fingerprint density at radius 3 is 2.00 bits per heavy atom. The molecule has 4 aromatic rings. The highest BCUT2D eigenvalue weighted by atomic mass is 32.2. The van der Waals surface area contributed by atoms with Crippen molar-refractivity contribution >= 4 is 9.84 Å². The minimum Gasteiger partial charge on any atom is -0.256 e. The number of hydrogen-bond donors (Lipinski definition) is 0. The quantitative estimate of drug-likeness (QED) is 0.293. The number of sulfone groups is 1. The van der Waals surface area contributed by atoms with E-state index < -0.39 is 33.4 Å². The third kappa shape index (κ3) is 5.54. The lowest BCUT2D eigenvalue weighted by atomic mass is 10.1. The number of pyridine rings is 1. The molecule has 4 rings (SSSR count).